The van der Waals surface area contributed by atoms with Crippen LogP contribution in [-0.2, 0) is 6.54 Å². The number of amides is 1. The first-order valence-electron chi connectivity index (χ1n) is 9.59. The van der Waals surface area contributed by atoms with Crippen molar-refractivity contribution in [2.24, 2.45) is 0 Å². The van der Waals surface area contributed by atoms with Crippen LogP contribution in [0.4, 0.5) is 4.39 Å². The molecule has 0 saturated carbocycles. The lowest BCUT2D eigenvalue weighted by Gasteiger charge is -2.17. The van der Waals surface area contributed by atoms with Gasteiger partial charge in [-0.15, -0.1) is 0 Å². The Morgan fingerprint density at radius 3 is 2.48 bits per heavy atom. The molecule has 0 aliphatic rings. The molecule has 1 atom stereocenters. The molecular formula is C24H22FN3O. The molecule has 1 amide bonds. The Kier molecular flexibility index (Phi) is 5.12. The number of fused-ring (bicyclic) bond motifs is 1. The first-order chi connectivity index (χ1) is 14.0. The molecule has 1 heterocycles. The predicted molar refractivity (Wildman–Crippen MR) is 112 cm³/mol. The molecule has 1 aromatic heterocycles. The van der Waals surface area contributed by atoms with Gasteiger partial charge in [-0.3, -0.25) is 4.79 Å². The highest BCUT2D eigenvalue weighted by Gasteiger charge is 2.20. The molecule has 5 heteroatoms. The summed E-state index contributed by atoms with van der Waals surface area (Å²) in [5, 5.41) is 3.07. The lowest BCUT2D eigenvalue weighted by molar-refractivity contribution is 0.0937. The van der Waals surface area contributed by atoms with Crippen LogP contribution in [0, 0.1) is 12.7 Å². The molecule has 0 aliphatic heterocycles. The summed E-state index contributed by atoms with van der Waals surface area (Å²) >= 11 is 0. The summed E-state index contributed by atoms with van der Waals surface area (Å²) < 4.78 is 15.4. The van der Waals surface area contributed by atoms with Crippen molar-refractivity contribution < 1.29 is 9.18 Å². The summed E-state index contributed by atoms with van der Waals surface area (Å²) in [6, 6.07) is 21.5. The first kappa shape index (κ1) is 18.9. The molecule has 0 bridgehead atoms. The van der Waals surface area contributed by atoms with E-state index in [0.29, 0.717) is 12.1 Å². The summed E-state index contributed by atoms with van der Waals surface area (Å²) in [7, 11) is 0. The minimum Gasteiger partial charge on any atom is -0.342 e. The van der Waals surface area contributed by atoms with Crippen molar-refractivity contribution in [3.63, 3.8) is 0 Å². The van der Waals surface area contributed by atoms with Crippen LogP contribution < -0.4 is 5.32 Å². The van der Waals surface area contributed by atoms with Crippen LogP contribution in [0.15, 0.2) is 72.8 Å². The zero-order valence-corrected chi connectivity index (χ0v) is 16.4. The van der Waals surface area contributed by atoms with E-state index in [0.717, 1.165) is 28.0 Å². The van der Waals surface area contributed by atoms with E-state index >= 15 is 0 Å². The van der Waals surface area contributed by atoms with Crippen molar-refractivity contribution in [3.8, 4) is 0 Å². The van der Waals surface area contributed by atoms with Crippen LogP contribution in [0.3, 0.4) is 0 Å². The number of imidazole rings is 1. The van der Waals surface area contributed by atoms with E-state index in [1.165, 1.54) is 12.1 Å². The second kappa shape index (κ2) is 7.87. The van der Waals surface area contributed by atoms with Gasteiger partial charge >= 0.3 is 0 Å². The molecule has 146 valence electrons. The summed E-state index contributed by atoms with van der Waals surface area (Å²) in [5.41, 5.74) is 4.39. The standard InChI is InChI=1S/C24H22FN3O/c1-16-7-3-4-8-20(16)24(29)26-17(2)23-27-21-9-5-6-10-22(21)28(23)15-18-11-13-19(25)14-12-18/h3-14,17H,15H2,1-2H3,(H,26,29). The number of aromatic nitrogens is 2. The van der Waals surface area contributed by atoms with E-state index in [1.807, 2.05) is 62.4 Å². The molecule has 1 N–H and O–H groups in total. The lowest BCUT2D eigenvalue weighted by Crippen LogP contribution is -2.29. The van der Waals surface area contributed by atoms with Crippen LogP contribution in [0.5, 0.6) is 0 Å². The normalized spacial score (nSPS) is 12.1. The number of nitrogens with one attached hydrogen (secondary N) is 1. The van der Waals surface area contributed by atoms with Gasteiger partial charge in [0, 0.05) is 12.1 Å². The van der Waals surface area contributed by atoms with E-state index in [-0.39, 0.29) is 17.8 Å². The van der Waals surface area contributed by atoms with Crippen LogP contribution >= 0.6 is 0 Å². The molecule has 0 fully saturated rings. The van der Waals surface area contributed by atoms with Gasteiger partial charge in [-0.1, -0.05) is 42.5 Å². The van der Waals surface area contributed by atoms with Gasteiger partial charge in [-0.05, 0) is 55.3 Å². The number of carbonyl (C=O) groups excluding carboxylic acids is 1. The summed E-state index contributed by atoms with van der Waals surface area (Å²) in [5.74, 6) is 0.372. The third-order valence-corrected chi connectivity index (χ3v) is 5.06. The maximum absolute atomic E-state index is 13.3. The lowest BCUT2D eigenvalue weighted by atomic mass is 10.1. The molecule has 4 aromatic rings. The van der Waals surface area contributed by atoms with Crippen molar-refractivity contribution in [1.29, 1.82) is 0 Å². The van der Waals surface area contributed by atoms with Crippen molar-refractivity contribution in [3.05, 3.63) is 101 Å². The van der Waals surface area contributed by atoms with Gasteiger partial charge < -0.3 is 9.88 Å². The molecule has 1 unspecified atom stereocenters. The van der Waals surface area contributed by atoms with Crippen LogP contribution in [0.2, 0.25) is 0 Å². The van der Waals surface area contributed by atoms with Gasteiger partial charge in [0.05, 0.1) is 17.1 Å². The topological polar surface area (TPSA) is 46.9 Å². The first-order valence-corrected chi connectivity index (χ1v) is 9.59. The Balaban J connectivity index is 1.68. The number of nitrogens with zero attached hydrogens (tertiary/aromatic N) is 2. The highest BCUT2D eigenvalue weighted by molar-refractivity contribution is 5.95. The van der Waals surface area contributed by atoms with E-state index in [1.54, 1.807) is 12.1 Å². The monoisotopic (exact) mass is 387 g/mol. The van der Waals surface area contributed by atoms with Gasteiger partial charge in [0.2, 0.25) is 0 Å². The Bertz CT molecular complexity index is 1160. The molecule has 0 saturated heterocycles. The van der Waals surface area contributed by atoms with Gasteiger partial charge in [0.25, 0.3) is 5.91 Å². The van der Waals surface area contributed by atoms with Gasteiger partial charge in [0.1, 0.15) is 11.6 Å². The number of benzene rings is 3. The zero-order chi connectivity index (χ0) is 20.4. The van der Waals surface area contributed by atoms with E-state index < -0.39 is 0 Å². The number of carbonyl (C=O) groups is 1. The Morgan fingerprint density at radius 2 is 1.72 bits per heavy atom. The second-order valence-electron chi connectivity index (χ2n) is 7.18. The minimum absolute atomic E-state index is 0.129. The van der Waals surface area contributed by atoms with Gasteiger partial charge in [-0.2, -0.15) is 0 Å². The molecule has 4 nitrogen and oxygen atoms in total. The quantitative estimate of drug-likeness (QED) is 0.522. The third kappa shape index (κ3) is 3.90. The fourth-order valence-electron chi connectivity index (χ4n) is 3.53. The Morgan fingerprint density at radius 1 is 1.03 bits per heavy atom. The zero-order valence-electron chi connectivity index (χ0n) is 16.4. The maximum Gasteiger partial charge on any atom is 0.252 e. The smallest absolute Gasteiger partial charge is 0.252 e. The van der Waals surface area contributed by atoms with Crippen molar-refractivity contribution in [2.75, 3.05) is 0 Å². The summed E-state index contributed by atoms with van der Waals surface area (Å²) in [6.45, 7) is 4.39. The number of para-hydroxylation sites is 2. The molecule has 0 spiro atoms. The largest absolute Gasteiger partial charge is 0.342 e. The van der Waals surface area contributed by atoms with E-state index in [4.69, 9.17) is 4.98 Å². The minimum atomic E-state index is -0.296. The summed E-state index contributed by atoms with van der Waals surface area (Å²) in [4.78, 5) is 17.6. The predicted octanol–water partition coefficient (Wildman–Crippen LogP) is 5.02. The van der Waals surface area contributed by atoms with Crippen LogP contribution in [-0.4, -0.2) is 15.5 Å². The molecular weight excluding hydrogens is 365 g/mol. The molecule has 0 aliphatic carbocycles. The van der Waals surface area contributed by atoms with E-state index in [9.17, 15) is 9.18 Å². The second-order valence-corrected chi connectivity index (χ2v) is 7.18. The summed E-state index contributed by atoms with van der Waals surface area (Å²) in [6.07, 6.45) is 0. The number of rotatable bonds is 5. The number of hydrogen-bond acceptors (Lipinski definition) is 2. The molecule has 29 heavy (non-hydrogen) atoms. The average Bonchev–Trinajstić information content (AvgIpc) is 3.08. The van der Waals surface area contributed by atoms with Crippen molar-refractivity contribution >= 4 is 16.9 Å². The fourth-order valence-corrected chi connectivity index (χ4v) is 3.53. The van der Waals surface area contributed by atoms with Crippen molar-refractivity contribution in [1.82, 2.24) is 14.9 Å². The maximum atomic E-state index is 13.3. The van der Waals surface area contributed by atoms with Crippen LogP contribution in [0.1, 0.15) is 40.3 Å². The molecule has 4 rings (SSSR count). The number of hydrogen-bond donors (Lipinski definition) is 1. The highest BCUT2D eigenvalue weighted by atomic mass is 19.1. The highest BCUT2D eigenvalue weighted by Crippen LogP contribution is 2.23. The van der Waals surface area contributed by atoms with Gasteiger partial charge in [0.15, 0.2) is 0 Å². The van der Waals surface area contributed by atoms with Gasteiger partial charge in [-0.25, -0.2) is 9.37 Å². The Labute approximate surface area is 169 Å². The molecule has 3 aromatic carbocycles. The number of aryl methyl sites for hydroxylation is 1. The fraction of sp³-hybridized carbons (Fsp3) is 0.167. The van der Waals surface area contributed by atoms with Crippen LogP contribution in [0.25, 0.3) is 11.0 Å². The SMILES string of the molecule is Cc1ccccc1C(=O)NC(C)c1nc2ccccc2n1Cc1ccc(F)cc1. The Hall–Kier alpha value is -3.47. The third-order valence-electron chi connectivity index (χ3n) is 5.06. The number of halogens is 1. The van der Waals surface area contributed by atoms with E-state index in [2.05, 4.69) is 9.88 Å². The van der Waals surface area contributed by atoms with Crippen molar-refractivity contribution in [2.45, 2.75) is 26.4 Å². The molecule has 0 radical (unpaired) electrons. The average molecular weight is 387 g/mol.